The van der Waals surface area contributed by atoms with Crippen molar-refractivity contribution < 1.29 is 9.52 Å². The van der Waals surface area contributed by atoms with E-state index in [2.05, 4.69) is 0 Å². The molecule has 1 aromatic rings. The SMILES string of the molecule is NC(CO)c1ccc(C2CCCC2)o1. The van der Waals surface area contributed by atoms with E-state index in [1.54, 1.807) is 0 Å². The molecule has 1 unspecified atom stereocenters. The van der Waals surface area contributed by atoms with Crippen LogP contribution in [-0.2, 0) is 0 Å². The average Bonchev–Trinajstić information content (AvgIpc) is 2.86. The Balaban J connectivity index is 2.08. The maximum absolute atomic E-state index is 8.88. The molecule has 78 valence electrons. The van der Waals surface area contributed by atoms with Gasteiger partial charge in [0.1, 0.15) is 11.5 Å². The van der Waals surface area contributed by atoms with Crippen molar-refractivity contribution >= 4 is 0 Å². The summed E-state index contributed by atoms with van der Waals surface area (Å²) >= 11 is 0. The smallest absolute Gasteiger partial charge is 0.123 e. The van der Waals surface area contributed by atoms with Gasteiger partial charge in [-0.05, 0) is 25.0 Å². The third kappa shape index (κ3) is 1.83. The Kier molecular flexibility index (Phi) is 2.89. The first kappa shape index (κ1) is 9.74. The van der Waals surface area contributed by atoms with Crippen molar-refractivity contribution in [2.45, 2.75) is 37.6 Å². The van der Waals surface area contributed by atoms with Crippen LogP contribution in [0.2, 0.25) is 0 Å². The Labute approximate surface area is 83.9 Å². The lowest BCUT2D eigenvalue weighted by Gasteiger charge is -2.06. The highest BCUT2D eigenvalue weighted by atomic mass is 16.3. The van der Waals surface area contributed by atoms with Gasteiger partial charge < -0.3 is 15.3 Å². The lowest BCUT2D eigenvalue weighted by atomic mass is 10.1. The molecular formula is C11H17NO2. The van der Waals surface area contributed by atoms with Crippen LogP contribution in [0.5, 0.6) is 0 Å². The standard InChI is InChI=1S/C11H17NO2/c12-9(7-13)11-6-5-10(14-11)8-3-1-2-4-8/h5-6,8-9,13H,1-4,7,12H2. The van der Waals surface area contributed by atoms with Crippen LogP contribution >= 0.6 is 0 Å². The average molecular weight is 195 g/mol. The highest BCUT2D eigenvalue weighted by Crippen LogP contribution is 2.35. The van der Waals surface area contributed by atoms with Gasteiger partial charge in [0, 0.05) is 5.92 Å². The third-order valence-electron chi connectivity index (χ3n) is 2.97. The van der Waals surface area contributed by atoms with E-state index in [0.717, 1.165) is 5.76 Å². The predicted molar refractivity (Wildman–Crippen MR) is 53.9 cm³/mol. The molecule has 3 N–H and O–H groups in total. The Morgan fingerprint density at radius 3 is 2.79 bits per heavy atom. The summed E-state index contributed by atoms with van der Waals surface area (Å²) in [5.74, 6) is 2.32. The van der Waals surface area contributed by atoms with E-state index in [9.17, 15) is 0 Å². The second-order valence-electron chi connectivity index (χ2n) is 4.01. The van der Waals surface area contributed by atoms with E-state index in [0.29, 0.717) is 11.7 Å². The van der Waals surface area contributed by atoms with Gasteiger partial charge in [-0.2, -0.15) is 0 Å². The van der Waals surface area contributed by atoms with Crippen LogP contribution in [0.4, 0.5) is 0 Å². The minimum absolute atomic E-state index is 0.0579. The molecule has 1 aliphatic rings. The summed E-state index contributed by atoms with van der Waals surface area (Å²) in [4.78, 5) is 0. The largest absolute Gasteiger partial charge is 0.464 e. The van der Waals surface area contributed by atoms with Gasteiger partial charge >= 0.3 is 0 Å². The molecule has 3 nitrogen and oxygen atoms in total. The zero-order valence-electron chi connectivity index (χ0n) is 8.28. The van der Waals surface area contributed by atoms with Crippen molar-refractivity contribution in [1.29, 1.82) is 0 Å². The van der Waals surface area contributed by atoms with Crippen molar-refractivity contribution in [3.05, 3.63) is 23.7 Å². The topological polar surface area (TPSA) is 59.4 Å². The normalized spacial score (nSPS) is 20.1. The molecule has 1 saturated carbocycles. The van der Waals surface area contributed by atoms with Crippen LogP contribution in [0.15, 0.2) is 16.5 Å². The van der Waals surface area contributed by atoms with Crippen molar-refractivity contribution in [3.8, 4) is 0 Å². The first-order chi connectivity index (χ1) is 6.81. The molecule has 1 heterocycles. The fourth-order valence-electron chi connectivity index (χ4n) is 2.09. The van der Waals surface area contributed by atoms with E-state index in [4.69, 9.17) is 15.3 Å². The molecule has 1 atom stereocenters. The summed E-state index contributed by atoms with van der Waals surface area (Å²) in [7, 11) is 0. The lowest BCUT2D eigenvalue weighted by Crippen LogP contribution is -2.13. The van der Waals surface area contributed by atoms with Crippen LogP contribution in [0.1, 0.15) is 49.2 Å². The van der Waals surface area contributed by atoms with Crippen LogP contribution in [0.25, 0.3) is 0 Å². The maximum atomic E-state index is 8.88. The Morgan fingerprint density at radius 1 is 1.43 bits per heavy atom. The van der Waals surface area contributed by atoms with E-state index in [1.807, 2.05) is 12.1 Å². The number of rotatable bonds is 3. The molecule has 3 heteroatoms. The van der Waals surface area contributed by atoms with Gasteiger partial charge in [-0.25, -0.2) is 0 Å². The van der Waals surface area contributed by atoms with Gasteiger partial charge in [-0.15, -0.1) is 0 Å². The van der Waals surface area contributed by atoms with Crippen molar-refractivity contribution in [3.63, 3.8) is 0 Å². The minimum Gasteiger partial charge on any atom is -0.464 e. The second kappa shape index (κ2) is 4.15. The molecule has 1 aromatic heterocycles. The molecule has 0 aromatic carbocycles. The Hall–Kier alpha value is -0.800. The van der Waals surface area contributed by atoms with Gasteiger partial charge in [-0.1, -0.05) is 12.8 Å². The predicted octanol–water partition coefficient (Wildman–Crippen LogP) is 1.93. The number of hydrogen-bond acceptors (Lipinski definition) is 3. The first-order valence-corrected chi connectivity index (χ1v) is 5.27. The molecule has 1 aliphatic carbocycles. The van der Waals surface area contributed by atoms with E-state index in [1.165, 1.54) is 25.7 Å². The molecule has 0 bridgehead atoms. The van der Waals surface area contributed by atoms with Crippen molar-refractivity contribution in [2.24, 2.45) is 5.73 Å². The number of nitrogens with two attached hydrogens (primary N) is 1. The van der Waals surface area contributed by atoms with Gasteiger partial charge in [0.15, 0.2) is 0 Å². The Bertz CT molecular complexity index is 289. The van der Waals surface area contributed by atoms with Crippen LogP contribution in [0.3, 0.4) is 0 Å². The molecule has 0 saturated heterocycles. The van der Waals surface area contributed by atoms with Crippen LogP contribution in [-0.4, -0.2) is 11.7 Å². The number of furan rings is 1. The Morgan fingerprint density at radius 2 is 2.14 bits per heavy atom. The molecule has 0 spiro atoms. The summed E-state index contributed by atoms with van der Waals surface area (Å²) in [5.41, 5.74) is 5.66. The van der Waals surface area contributed by atoms with E-state index in [-0.39, 0.29) is 12.6 Å². The van der Waals surface area contributed by atoms with Gasteiger partial charge in [-0.3, -0.25) is 0 Å². The second-order valence-corrected chi connectivity index (χ2v) is 4.01. The van der Waals surface area contributed by atoms with Crippen LogP contribution in [0, 0.1) is 0 Å². The molecule has 0 aliphatic heterocycles. The molecular weight excluding hydrogens is 178 g/mol. The van der Waals surface area contributed by atoms with Gasteiger partial charge in [0.25, 0.3) is 0 Å². The maximum Gasteiger partial charge on any atom is 0.123 e. The van der Waals surface area contributed by atoms with Crippen LogP contribution < -0.4 is 5.73 Å². The minimum atomic E-state index is -0.370. The highest BCUT2D eigenvalue weighted by molar-refractivity contribution is 5.14. The number of aliphatic hydroxyl groups excluding tert-OH is 1. The third-order valence-corrected chi connectivity index (χ3v) is 2.97. The number of hydrogen-bond donors (Lipinski definition) is 2. The van der Waals surface area contributed by atoms with Crippen molar-refractivity contribution in [1.82, 2.24) is 0 Å². The molecule has 1 fully saturated rings. The fourth-order valence-corrected chi connectivity index (χ4v) is 2.09. The molecule has 0 amide bonds. The highest BCUT2D eigenvalue weighted by Gasteiger charge is 2.21. The van der Waals surface area contributed by atoms with Crippen molar-refractivity contribution in [2.75, 3.05) is 6.61 Å². The van der Waals surface area contributed by atoms with Gasteiger partial charge in [0.2, 0.25) is 0 Å². The summed E-state index contributed by atoms with van der Waals surface area (Å²) in [6.07, 6.45) is 5.04. The quantitative estimate of drug-likeness (QED) is 0.774. The summed E-state index contributed by atoms with van der Waals surface area (Å²) in [5, 5.41) is 8.88. The molecule has 2 rings (SSSR count). The zero-order chi connectivity index (χ0) is 9.97. The summed E-state index contributed by atoms with van der Waals surface area (Å²) in [6, 6.07) is 3.51. The zero-order valence-corrected chi connectivity index (χ0v) is 8.28. The van der Waals surface area contributed by atoms with E-state index < -0.39 is 0 Å². The first-order valence-electron chi connectivity index (χ1n) is 5.27. The van der Waals surface area contributed by atoms with Gasteiger partial charge in [0.05, 0.1) is 12.6 Å². The monoisotopic (exact) mass is 195 g/mol. The molecule has 0 radical (unpaired) electrons. The fraction of sp³-hybridized carbons (Fsp3) is 0.636. The lowest BCUT2D eigenvalue weighted by molar-refractivity contribution is 0.248. The summed E-state index contributed by atoms with van der Waals surface area (Å²) < 4.78 is 5.64. The van der Waals surface area contributed by atoms with E-state index >= 15 is 0 Å². The number of aliphatic hydroxyl groups is 1. The molecule has 14 heavy (non-hydrogen) atoms. The summed E-state index contributed by atoms with van der Waals surface area (Å²) in [6.45, 7) is -0.0579.